The Bertz CT molecular complexity index is 971. The van der Waals surface area contributed by atoms with E-state index >= 15 is 0 Å². The molecule has 5 nitrogen and oxygen atoms in total. The van der Waals surface area contributed by atoms with E-state index in [1.165, 1.54) is 12.1 Å². The predicted octanol–water partition coefficient (Wildman–Crippen LogP) is 3.13. The molecule has 150 valence electrons. The second-order valence-corrected chi connectivity index (χ2v) is 8.48. The number of anilines is 1. The van der Waals surface area contributed by atoms with Gasteiger partial charge in [0.1, 0.15) is 11.9 Å². The minimum atomic E-state index is -0.734. The highest BCUT2D eigenvalue weighted by Crippen LogP contribution is 2.46. The third-order valence-electron chi connectivity index (χ3n) is 6.01. The van der Waals surface area contributed by atoms with Crippen molar-refractivity contribution in [2.45, 2.75) is 37.3 Å². The van der Waals surface area contributed by atoms with Crippen LogP contribution in [0.4, 0.5) is 10.1 Å². The normalized spacial score (nSPS) is 30.5. The Morgan fingerprint density at radius 2 is 1.83 bits per heavy atom. The van der Waals surface area contributed by atoms with Crippen molar-refractivity contribution in [1.29, 1.82) is 0 Å². The lowest BCUT2D eigenvalue weighted by molar-refractivity contribution is -0.194. The number of carbonyl (C=O) groups excluding carboxylic acids is 1. The van der Waals surface area contributed by atoms with Crippen LogP contribution in [0.25, 0.3) is 0 Å². The highest BCUT2D eigenvalue weighted by atomic mass is 35.5. The standard InChI is InChI=1S/C21H18ClFN2O3S/c22-12-3-7-14(8-4-12)25-17-15-9-16(26)19(28-20(15)27)18(17)24(21(25)29)10-11-1-5-13(23)6-2-11/h1-8,15-19,26H,9-10H2. The number of benzene rings is 2. The summed E-state index contributed by atoms with van der Waals surface area (Å²) in [6.45, 7) is 0.428. The average Bonchev–Trinajstić information content (AvgIpc) is 2.99. The molecule has 3 heterocycles. The molecule has 4 fully saturated rings. The van der Waals surface area contributed by atoms with Gasteiger partial charge in [0.05, 0.1) is 24.1 Å². The molecule has 29 heavy (non-hydrogen) atoms. The van der Waals surface area contributed by atoms with Crippen LogP contribution in [0.1, 0.15) is 12.0 Å². The number of aliphatic hydroxyl groups is 1. The molecule has 3 saturated heterocycles. The van der Waals surface area contributed by atoms with E-state index in [2.05, 4.69) is 0 Å². The fraction of sp³-hybridized carbons (Fsp3) is 0.333. The Balaban J connectivity index is 1.56. The van der Waals surface area contributed by atoms with Gasteiger partial charge >= 0.3 is 5.97 Å². The van der Waals surface area contributed by atoms with Gasteiger partial charge in [0, 0.05) is 17.3 Å². The van der Waals surface area contributed by atoms with Crippen LogP contribution in [0.5, 0.6) is 0 Å². The van der Waals surface area contributed by atoms with Crippen molar-refractivity contribution in [1.82, 2.24) is 4.90 Å². The van der Waals surface area contributed by atoms with E-state index in [9.17, 15) is 14.3 Å². The lowest BCUT2D eigenvalue weighted by Crippen LogP contribution is -2.66. The first kappa shape index (κ1) is 18.8. The summed E-state index contributed by atoms with van der Waals surface area (Å²) < 4.78 is 18.9. The van der Waals surface area contributed by atoms with E-state index in [-0.39, 0.29) is 23.9 Å². The monoisotopic (exact) mass is 432 g/mol. The molecule has 1 aliphatic carbocycles. The molecule has 1 saturated carbocycles. The zero-order valence-corrected chi connectivity index (χ0v) is 16.8. The number of thiocarbonyl (C=S) groups is 1. The van der Waals surface area contributed by atoms with Gasteiger partial charge in [-0.3, -0.25) is 4.79 Å². The van der Waals surface area contributed by atoms with Crippen molar-refractivity contribution < 1.29 is 19.0 Å². The van der Waals surface area contributed by atoms with Gasteiger partial charge in [-0.25, -0.2) is 4.39 Å². The van der Waals surface area contributed by atoms with E-state index in [4.69, 9.17) is 28.6 Å². The summed E-state index contributed by atoms with van der Waals surface area (Å²) in [6, 6.07) is 13.0. The molecule has 0 aromatic heterocycles. The van der Waals surface area contributed by atoms with Crippen molar-refractivity contribution >= 4 is 40.6 Å². The van der Waals surface area contributed by atoms with E-state index in [0.29, 0.717) is 23.1 Å². The van der Waals surface area contributed by atoms with Crippen molar-refractivity contribution in [2.24, 2.45) is 5.92 Å². The minimum Gasteiger partial charge on any atom is -0.457 e. The van der Waals surface area contributed by atoms with Crippen LogP contribution in [-0.2, 0) is 16.1 Å². The van der Waals surface area contributed by atoms with Gasteiger partial charge in [-0.2, -0.15) is 0 Å². The minimum absolute atomic E-state index is 0.237. The van der Waals surface area contributed by atoms with Crippen LogP contribution in [0, 0.1) is 11.7 Å². The summed E-state index contributed by atoms with van der Waals surface area (Å²) >= 11 is 11.9. The fourth-order valence-electron chi connectivity index (χ4n) is 4.73. The molecule has 2 aromatic carbocycles. The molecular weight excluding hydrogens is 415 g/mol. The Labute approximate surface area is 177 Å². The molecular formula is C21H18ClFN2O3S. The fourth-order valence-corrected chi connectivity index (χ4v) is 5.27. The first-order valence-electron chi connectivity index (χ1n) is 9.42. The maximum absolute atomic E-state index is 13.3. The molecule has 5 unspecified atom stereocenters. The van der Waals surface area contributed by atoms with Crippen LogP contribution in [0.15, 0.2) is 48.5 Å². The number of hydrogen-bond donors (Lipinski definition) is 1. The first-order chi connectivity index (χ1) is 13.9. The SMILES string of the molecule is O=C1OC2C(O)CC1C1C2N(Cc2ccc(F)cc2)C(=S)N1c1ccc(Cl)cc1. The van der Waals surface area contributed by atoms with Gasteiger partial charge in [-0.1, -0.05) is 23.7 Å². The summed E-state index contributed by atoms with van der Waals surface area (Å²) in [5.41, 5.74) is 1.72. The number of rotatable bonds is 3. The third kappa shape index (κ3) is 2.99. The van der Waals surface area contributed by atoms with Gasteiger partial charge in [-0.15, -0.1) is 0 Å². The first-order valence-corrected chi connectivity index (χ1v) is 10.2. The van der Waals surface area contributed by atoms with E-state index in [0.717, 1.165) is 11.3 Å². The van der Waals surface area contributed by atoms with E-state index in [1.807, 2.05) is 21.9 Å². The lowest BCUT2D eigenvalue weighted by atomic mass is 9.74. The Morgan fingerprint density at radius 3 is 2.52 bits per heavy atom. The molecule has 5 atom stereocenters. The molecule has 4 aliphatic rings. The van der Waals surface area contributed by atoms with Crippen molar-refractivity contribution in [3.8, 4) is 0 Å². The predicted molar refractivity (Wildman–Crippen MR) is 110 cm³/mol. The Morgan fingerprint density at radius 1 is 1.14 bits per heavy atom. The van der Waals surface area contributed by atoms with Crippen molar-refractivity contribution in [3.05, 3.63) is 64.9 Å². The Kier molecular flexibility index (Phi) is 4.49. The number of aliphatic hydroxyl groups excluding tert-OH is 1. The highest BCUT2D eigenvalue weighted by Gasteiger charge is 2.62. The van der Waals surface area contributed by atoms with Crippen molar-refractivity contribution in [2.75, 3.05) is 4.90 Å². The summed E-state index contributed by atoms with van der Waals surface area (Å²) in [5.74, 6) is -1.08. The maximum atomic E-state index is 13.3. The second kappa shape index (κ2) is 6.93. The molecule has 6 rings (SSSR count). The molecule has 3 aliphatic heterocycles. The van der Waals surface area contributed by atoms with Crippen LogP contribution in [-0.4, -0.2) is 45.4 Å². The quantitative estimate of drug-likeness (QED) is 0.594. The number of halogens is 2. The van der Waals surface area contributed by atoms with Crippen LogP contribution in [0.3, 0.4) is 0 Å². The largest absolute Gasteiger partial charge is 0.457 e. The zero-order valence-electron chi connectivity index (χ0n) is 15.2. The van der Waals surface area contributed by atoms with Gasteiger partial charge in [-0.05, 0) is 60.6 Å². The summed E-state index contributed by atoms with van der Waals surface area (Å²) in [6.07, 6.45) is -1.04. The maximum Gasteiger partial charge on any atom is 0.311 e. The summed E-state index contributed by atoms with van der Waals surface area (Å²) in [5, 5.41) is 11.7. The number of hydrogen-bond acceptors (Lipinski definition) is 4. The van der Waals surface area contributed by atoms with Crippen molar-refractivity contribution in [3.63, 3.8) is 0 Å². The number of nitrogens with zero attached hydrogens (tertiary/aromatic N) is 2. The number of fused-ring (bicyclic) bond motifs is 2. The third-order valence-corrected chi connectivity index (χ3v) is 6.69. The van der Waals surface area contributed by atoms with Gasteiger partial charge < -0.3 is 19.6 Å². The average molecular weight is 433 g/mol. The molecule has 8 heteroatoms. The summed E-state index contributed by atoms with van der Waals surface area (Å²) in [7, 11) is 0. The smallest absolute Gasteiger partial charge is 0.311 e. The van der Waals surface area contributed by atoms with E-state index in [1.54, 1.807) is 24.3 Å². The number of carbonyl (C=O) groups is 1. The summed E-state index contributed by atoms with van der Waals surface area (Å²) in [4.78, 5) is 16.5. The number of esters is 1. The molecule has 2 bridgehead atoms. The van der Waals surface area contributed by atoms with Crippen LogP contribution >= 0.6 is 23.8 Å². The van der Waals surface area contributed by atoms with E-state index < -0.39 is 18.1 Å². The molecule has 1 N–H and O–H groups in total. The zero-order chi connectivity index (χ0) is 20.3. The van der Waals surface area contributed by atoms with Gasteiger partial charge in [0.25, 0.3) is 0 Å². The topological polar surface area (TPSA) is 53.0 Å². The second-order valence-electron chi connectivity index (χ2n) is 7.68. The lowest BCUT2D eigenvalue weighted by Gasteiger charge is -2.49. The molecule has 0 amide bonds. The number of ether oxygens (including phenoxy) is 1. The van der Waals surface area contributed by atoms with Crippen LogP contribution in [0.2, 0.25) is 5.02 Å². The molecule has 2 aromatic rings. The molecule has 0 spiro atoms. The van der Waals surface area contributed by atoms with Gasteiger partial charge in [0.15, 0.2) is 5.11 Å². The van der Waals surface area contributed by atoms with Crippen LogP contribution < -0.4 is 4.90 Å². The Hall–Kier alpha value is -2.22. The van der Waals surface area contributed by atoms with Gasteiger partial charge in [0.2, 0.25) is 0 Å². The molecule has 0 radical (unpaired) electrons. The highest BCUT2D eigenvalue weighted by molar-refractivity contribution is 7.80.